The molecule has 0 bridgehead atoms. The van der Waals surface area contributed by atoms with E-state index in [-0.39, 0.29) is 6.04 Å². The minimum atomic E-state index is 0.136. The van der Waals surface area contributed by atoms with Gasteiger partial charge in [-0.3, -0.25) is 0 Å². The maximum Gasteiger partial charge on any atom is 0.224 e. The van der Waals surface area contributed by atoms with Crippen molar-refractivity contribution >= 4 is 17.6 Å². The van der Waals surface area contributed by atoms with Gasteiger partial charge in [-0.1, -0.05) is 42.5 Å². The molecule has 1 atom stereocenters. The van der Waals surface area contributed by atoms with Gasteiger partial charge in [0.05, 0.1) is 6.33 Å². The number of aromatic nitrogens is 6. The summed E-state index contributed by atoms with van der Waals surface area (Å²) in [6.45, 7) is 2.13. The lowest BCUT2D eigenvalue weighted by molar-refractivity contribution is 0.775. The zero-order valence-corrected chi connectivity index (χ0v) is 19.7. The Morgan fingerprint density at radius 2 is 1.69 bits per heavy atom. The topological polar surface area (TPSA) is 84.7 Å². The third-order valence-electron chi connectivity index (χ3n) is 5.63. The van der Waals surface area contributed by atoms with Crippen molar-refractivity contribution in [2.24, 2.45) is 0 Å². The van der Waals surface area contributed by atoms with Gasteiger partial charge in [0.1, 0.15) is 11.6 Å². The van der Waals surface area contributed by atoms with E-state index < -0.39 is 0 Å². The van der Waals surface area contributed by atoms with E-state index in [4.69, 9.17) is 9.97 Å². The van der Waals surface area contributed by atoms with Crippen LogP contribution in [0.25, 0.3) is 17.1 Å². The number of anilines is 3. The van der Waals surface area contributed by atoms with Gasteiger partial charge in [0.15, 0.2) is 5.82 Å². The van der Waals surface area contributed by atoms with Crippen molar-refractivity contribution in [3.05, 3.63) is 103 Å². The third kappa shape index (κ3) is 5.33. The predicted molar refractivity (Wildman–Crippen MR) is 138 cm³/mol. The molecule has 5 rings (SSSR count). The maximum absolute atomic E-state index is 4.72. The highest BCUT2D eigenvalue weighted by Gasteiger charge is 2.12. The molecule has 0 saturated carbocycles. The number of nitrogens with one attached hydrogen (secondary N) is 1. The molecular weight excluding hydrogens is 436 g/mol. The number of nitrogens with zero attached hydrogens (tertiary/aromatic N) is 7. The largest absolute Gasteiger partial charge is 0.351 e. The van der Waals surface area contributed by atoms with E-state index in [1.165, 1.54) is 5.56 Å². The first kappa shape index (κ1) is 22.2. The Balaban J connectivity index is 1.28. The smallest absolute Gasteiger partial charge is 0.224 e. The summed E-state index contributed by atoms with van der Waals surface area (Å²) in [7, 11) is 1.94. The molecule has 8 heteroatoms. The summed E-state index contributed by atoms with van der Waals surface area (Å²) in [5, 5.41) is 3.43. The fraction of sp³-hybridized carbons (Fsp3) is 0.148. The van der Waals surface area contributed by atoms with Crippen LogP contribution in [0.5, 0.6) is 0 Å². The summed E-state index contributed by atoms with van der Waals surface area (Å²) < 4.78 is 2.00. The molecule has 0 fully saturated rings. The second-order valence-electron chi connectivity index (χ2n) is 8.29. The molecule has 0 aliphatic carbocycles. The lowest BCUT2D eigenvalue weighted by Gasteiger charge is -2.19. The van der Waals surface area contributed by atoms with Gasteiger partial charge in [0.25, 0.3) is 0 Å². The Bertz CT molecular complexity index is 1390. The van der Waals surface area contributed by atoms with Crippen molar-refractivity contribution in [2.45, 2.75) is 19.4 Å². The number of imidazole rings is 1. The van der Waals surface area contributed by atoms with Gasteiger partial charge in [-0.2, -0.15) is 4.98 Å². The first-order valence-corrected chi connectivity index (χ1v) is 11.4. The first-order valence-electron chi connectivity index (χ1n) is 11.4. The summed E-state index contributed by atoms with van der Waals surface area (Å²) in [5.41, 5.74) is 3.28. The normalized spacial score (nSPS) is 11.7. The van der Waals surface area contributed by atoms with Gasteiger partial charge in [0, 0.05) is 49.1 Å². The molecule has 0 aliphatic rings. The number of hydrogen-bond acceptors (Lipinski definition) is 7. The average Bonchev–Trinajstić information content (AvgIpc) is 3.44. The van der Waals surface area contributed by atoms with Crippen LogP contribution in [-0.4, -0.2) is 42.6 Å². The number of rotatable bonds is 8. The molecule has 3 aromatic heterocycles. The molecule has 174 valence electrons. The van der Waals surface area contributed by atoms with Gasteiger partial charge >= 0.3 is 0 Å². The Hall–Kier alpha value is -4.59. The Labute approximate surface area is 204 Å². The van der Waals surface area contributed by atoms with Crippen molar-refractivity contribution in [1.82, 2.24) is 29.5 Å². The van der Waals surface area contributed by atoms with Crippen molar-refractivity contribution < 1.29 is 0 Å². The summed E-state index contributed by atoms with van der Waals surface area (Å²) in [6.07, 6.45) is 9.88. The van der Waals surface area contributed by atoms with Crippen LogP contribution >= 0.6 is 0 Å². The maximum atomic E-state index is 4.72. The molecule has 35 heavy (non-hydrogen) atoms. The zero-order valence-electron chi connectivity index (χ0n) is 19.7. The van der Waals surface area contributed by atoms with E-state index in [1.54, 1.807) is 24.9 Å². The van der Waals surface area contributed by atoms with Crippen molar-refractivity contribution in [2.75, 3.05) is 17.3 Å². The van der Waals surface area contributed by atoms with E-state index in [9.17, 15) is 0 Å². The average molecular weight is 463 g/mol. The van der Waals surface area contributed by atoms with Gasteiger partial charge in [-0.25, -0.2) is 19.9 Å². The second-order valence-corrected chi connectivity index (χ2v) is 8.29. The molecule has 0 spiro atoms. The standard InChI is InChI=1S/C27H26N8/c1-20(17-21-7-6-10-23(18-21)35-16-15-28-19-35)31-27-30-14-12-25(33-27)34(2)24-11-13-29-26(32-24)22-8-4-3-5-9-22/h3-16,18-20H,17H2,1-2H3,(H,30,31,33)/t20-/m0/s1. The molecule has 2 aromatic carbocycles. The molecule has 0 radical (unpaired) electrons. The van der Waals surface area contributed by atoms with E-state index in [0.29, 0.717) is 11.8 Å². The highest BCUT2D eigenvalue weighted by molar-refractivity contribution is 5.61. The molecule has 0 saturated heterocycles. The highest BCUT2D eigenvalue weighted by Crippen LogP contribution is 2.23. The minimum absolute atomic E-state index is 0.136. The third-order valence-corrected chi connectivity index (χ3v) is 5.63. The molecule has 1 N–H and O–H groups in total. The lowest BCUT2D eigenvalue weighted by Crippen LogP contribution is -2.21. The van der Waals surface area contributed by atoms with Crippen molar-refractivity contribution in [3.8, 4) is 17.1 Å². The van der Waals surface area contributed by atoms with E-state index >= 15 is 0 Å². The molecule has 0 aliphatic heterocycles. The first-order chi connectivity index (χ1) is 17.2. The van der Waals surface area contributed by atoms with E-state index in [0.717, 1.165) is 29.3 Å². The minimum Gasteiger partial charge on any atom is -0.351 e. The number of hydrogen-bond donors (Lipinski definition) is 1. The van der Waals surface area contributed by atoms with Crippen LogP contribution < -0.4 is 10.2 Å². The SMILES string of the molecule is C[C@@H](Cc1cccc(-n2ccnc2)c1)Nc1nccc(N(C)c2ccnc(-c3ccccc3)n2)n1. The molecule has 0 amide bonds. The summed E-state index contributed by atoms with van der Waals surface area (Å²) in [4.78, 5) is 24.4. The highest BCUT2D eigenvalue weighted by atomic mass is 15.3. The van der Waals surface area contributed by atoms with Gasteiger partial charge < -0.3 is 14.8 Å². The van der Waals surface area contributed by atoms with Crippen LogP contribution in [0.4, 0.5) is 17.6 Å². The predicted octanol–water partition coefficient (Wildman–Crippen LogP) is 4.93. The monoisotopic (exact) mass is 462 g/mol. The van der Waals surface area contributed by atoms with Crippen LogP contribution in [0.2, 0.25) is 0 Å². The van der Waals surface area contributed by atoms with Crippen LogP contribution in [0.3, 0.4) is 0 Å². The van der Waals surface area contributed by atoms with Crippen LogP contribution in [0, 0.1) is 0 Å². The fourth-order valence-electron chi connectivity index (χ4n) is 3.87. The molecule has 8 nitrogen and oxygen atoms in total. The summed E-state index contributed by atoms with van der Waals surface area (Å²) >= 11 is 0. The lowest BCUT2D eigenvalue weighted by atomic mass is 10.1. The summed E-state index contributed by atoms with van der Waals surface area (Å²) in [6, 6.07) is 22.2. The van der Waals surface area contributed by atoms with Gasteiger partial charge in [0.2, 0.25) is 5.95 Å². The Kier molecular flexibility index (Phi) is 6.43. The van der Waals surface area contributed by atoms with E-state index in [1.807, 2.05) is 65.2 Å². The second kappa shape index (κ2) is 10.1. The van der Waals surface area contributed by atoms with Crippen LogP contribution in [0.15, 0.2) is 97.8 Å². The van der Waals surface area contributed by atoms with E-state index in [2.05, 4.69) is 51.5 Å². The number of benzene rings is 2. The Morgan fingerprint density at radius 3 is 2.49 bits per heavy atom. The molecule has 0 unspecified atom stereocenters. The van der Waals surface area contributed by atoms with Crippen LogP contribution in [0.1, 0.15) is 12.5 Å². The zero-order chi connectivity index (χ0) is 24.0. The summed E-state index contributed by atoms with van der Waals surface area (Å²) in [5.74, 6) is 2.75. The molecular formula is C27H26N8. The van der Waals surface area contributed by atoms with Crippen molar-refractivity contribution in [1.29, 1.82) is 0 Å². The van der Waals surface area contributed by atoms with Crippen LogP contribution in [-0.2, 0) is 6.42 Å². The molecule has 3 heterocycles. The fourth-order valence-corrected chi connectivity index (χ4v) is 3.87. The Morgan fingerprint density at radius 1 is 0.886 bits per heavy atom. The van der Waals surface area contributed by atoms with Gasteiger partial charge in [-0.05, 0) is 43.2 Å². The van der Waals surface area contributed by atoms with Crippen molar-refractivity contribution in [3.63, 3.8) is 0 Å². The van der Waals surface area contributed by atoms with Gasteiger partial charge in [-0.15, -0.1) is 0 Å². The quantitative estimate of drug-likeness (QED) is 0.350. The molecule has 5 aromatic rings.